The molecule has 3 nitrogen and oxygen atoms in total. The highest BCUT2D eigenvalue weighted by Gasteiger charge is 2.27. The fourth-order valence-electron chi connectivity index (χ4n) is 2.23. The first kappa shape index (κ1) is 12.9. The Balaban J connectivity index is 2.21. The van der Waals surface area contributed by atoms with Gasteiger partial charge in [0.2, 0.25) is 5.58 Å². The normalized spacial score (nSPS) is 11.9. The van der Waals surface area contributed by atoms with Crippen molar-refractivity contribution in [2.75, 3.05) is 0 Å². The molecule has 0 radical (unpaired) electrons. The molecule has 1 N–H and O–H groups in total. The van der Waals surface area contributed by atoms with Gasteiger partial charge in [-0.1, -0.05) is 37.8 Å². The van der Waals surface area contributed by atoms with E-state index in [0.29, 0.717) is 0 Å². The summed E-state index contributed by atoms with van der Waals surface area (Å²) >= 11 is 0. The number of pyridine rings is 1. The maximum Gasteiger partial charge on any atom is 0.303 e. The number of hydrogen-bond acceptors (Lipinski definition) is 2. The van der Waals surface area contributed by atoms with E-state index >= 15 is 0 Å². The Kier molecular flexibility index (Phi) is 2.90. The Morgan fingerprint density at radius 3 is 2.35 bits per heavy atom. The Morgan fingerprint density at radius 1 is 1.00 bits per heavy atom. The van der Waals surface area contributed by atoms with Crippen LogP contribution in [0.25, 0.3) is 22.4 Å². The van der Waals surface area contributed by atoms with Gasteiger partial charge in [0.25, 0.3) is 5.69 Å². The quantitative estimate of drug-likeness (QED) is 0.446. The summed E-state index contributed by atoms with van der Waals surface area (Å²) in [7, 11) is -1.53. The molecule has 0 aliphatic rings. The van der Waals surface area contributed by atoms with E-state index in [1.165, 1.54) is 4.73 Å². The summed E-state index contributed by atoms with van der Waals surface area (Å²) in [5, 5.41) is 11.5. The van der Waals surface area contributed by atoms with E-state index in [-0.39, 0.29) is 0 Å². The zero-order valence-corrected chi connectivity index (χ0v) is 12.9. The van der Waals surface area contributed by atoms with Crippen molar-refractivity contribution in [3.63, 3.8) is 0 Å². The van der Waals surface area contributed by atoms with Crippen molar-refractivity contribution in [1.29, 1.82) is 0 Å². The molecule has 3 aromatic rings. The standard InChI is InChI=1S/C16H18NO2Si/c1-20(2,3)16-11-14-15(19-16)10-9-13(17(14)18)12-7-5-4-6-8-12/h4-11,18H,1-3H3/q+1. The van der Waals surface area contributed by atoms with E-state index in [4.69, 9.17) is 4.42 Å². The van der Waals surface area contributed by atoms with Crippen LogP contribution in [-0.2, 0) is 0 Å². The molecule has 0 amide bonds. The maximum atomic E-state index is 10.5. The number of fused-ring (bicyclic) bond motifs is 1. The van der Waals surface area contributed by atoms with Gasteiger partial charge in [-0.3, -0.25) is 5.21 Å². The van der Waals surface area contributed by atoms with Gasteiger partial charge in [-0.25, -0.2) is 0 Å². The molecule has 0 atom stereocenters. The average molecular weight is 284 g/mol. The first-order valence-electron chi connectivity index (χ1n) is 6.70. The van der Waals surface area contributed by atoms with Crippen molar-refractivity contribution in [1.82, 2.24) is 0 Å². The molecule has 0 saturated heterocycles. The smallest absolute Gasteiger partial charge is 0.303 e. The molecular formula is C16H18NO2Si+. The van der Waals surface area contributed by atoms with Gasteiger partial charge in [-0.05, 0) is 18.2 Å². The third kappa shape index (κ3) is 2.12. The van der Waals surface area contributed by atoms with Crippen molar-refractivity contribution < 1.29 is 14.4 Å². The van der Waals surface area contributed by atoms with Gasteiger partial charge in [0.05, 0.1) is 17.0 Å². The summed E-state index contributed by atoms with van der Waals surface area (Å²) < 4.78 is 7.11. The van der Waals surface area contributed by atoms with Crippen LogP contribution in [-0.4, -0.2) is 13.3 Å². The maximum absolute atomic E-state index is 10.5. The van der Waals surface area contributed by atoms with Gasteiger partial charge in [0.1, 0.15) is 8.07 Å². The average Bonchev–Trinajstić information content (AvgIpc) is 2.85. The summed E-state index contributed by atoms with van der Waals surface area (Å²) in [5.74, 6) is 0. The lowest BCUT2D eigenvalue weighted by Crippen LogP contribution is -2.37. The minimum atomic E-state index is -1.53. The molecule has 0 fully saturated rings. The zero-order valence-electron chi connectivity index (χ0n) is 11.9. The highest BCUT2D eigenvalue weighted by atomic mass is 28.3. The van der Waals surface area contributed by atoms with Crippen LogP contribution in [0, 0.1) is 0 Å². The van der Waals surface area contributed by atoms with Crippen molar-refractivity contribution >= 4 is 24.6 Å². The van der Waals surface area contributed by atoms with Gasteiger partial charge >= 0.3 is 5.52 Å². The second kappa shape index (κ2) is 4.49. The first-order chi connectivity index (χ1) is 9.47. The Hall–Kier alpha value is -2.07. The number of nitrogens with zero attached hydrogens (tertiary/aromatic N) is 1. The van der Waals surface area contributed by atoms with Gasteiger partial charge in [0, 0.05) is 10.8 Å². The summed E-state index contributed by atoms with van der Waals surface area (Å²) in [4.78, 5) is 0. The second-order valence-corrected chi connectivity index (χ2v) is 11.0. The highest BCUT2D eigenvalue weighted by Crippen LogP contribution is 2.19. The number of rotatable bonds is 2. The van der Waals surface area contributed by atoms with Crippen LogP contribution in [0.1, 0.15) is 0 Å². The topological polar surface area (TPSA) is 37.2 Å². The Bertz CT molecular complexity index is 757. The minimum absolute atomic E-state index is 0.726. The summed E-state index contributed by atoms with van der Waals surface area (Å²) in [6.45, 7) is 6.68. The van der Waals surface area contributed by atoms with Crippen LogP contribution in [0.15, 0.2) is 52.9 Å². The molecule has 4 heteroatoms. The van der Waals surface area contributed by atoms with E-state index in [9.17, 15) is 5.21 Å². The van der Waals surface area contributed by atoms with Crippen LogP contribution >= 0.6 is 0 Å². The summed E-state index contributed by atoms with van der Waals surface area (Å²) in [5.41, 5.74) is 3.20. The zero-order chi connectivity index (χ0) is 14.3. The summed E-state index contributed by atoms with van der Waals surface area (Å²) in [6, 6.07) is 15.6. The van der Waals surface area contributed by atoms with Gasteiger partial charge in [-0.2, -0.15) is 0 Å². The lowest BCUT2D eigenvalue weighted by atomic mass is 10.1. The molecule has 2 aromatic heterocycles. The van der Waals surface area contributed by atoms with Crippen LogP contribution in [0.4, 0.5) is 0 Å². The Labute approximate surface area is 119 Å². The summed E-state index contributed by atoms with van der Waals surface area (Å²) in [6.07, 6.45) is 0. The predicted octanol–water partition coefficient (Wildman–Crippen LogP) is 3.17. The molecule has 3 rings (SSSR count). The van der Waals surface area contributed by atoms with Gasteiger partial charge in [0.15, 0.2) is 0 Å². The van der Waals surface area contributed by atoms with E-state index in [1.54, 1.807) is 0 Å². The lowest BCUT2D eigenvalue weighted by Gasteiger charge is -2.09. The molecule has 0 saturated carbocycles. The van der Waals surface area contributed by atoms with Gasteiger partial charge in [-0.15, -0.1) is 0 Å². The van der Waals surface area contributed by atoms with E-state index < -0.39 is 8.07 Å². The molecule has 1 aromatic carbocycles. The molecule has 0 bridgehead atoms. The highest BCUT2D eigenvalue weighted by molar-refractivity contribution is 6.87. The molecule has 2 heterocycles. The van der Waals surface area contributed by atoms with E-state index in [0.717, 1.165) is 27.7 Å². The first-order valence-corrected chi connectivity index (χ1v) is 10.2. The number of benzene rings is 1. The molecular weight excluding hydrogens is 266 g/mol. The van der Waals surface area contributed by atoms with E-state index in [1.807, 2.05) is 48.5 Å². The fourth-order valence-corrected chi connectivity index (χ4v) is 3.22. The number of hydrogen-bond donors (Lipinski definition) is 1. The van der Waals surface area contributed by atoms with Crippen molar-refractivity contribution in [2.24, 2.45) is 0 Å². The Morgan fingerprint density at radius 2 is 1.70 bits per heavy atom. The monoisotopic (exact) mass is 284 g/mol. The van der Waals surface area contributed by atoms with Crippen LogP contribution in [0.5, 0.6) is 0 Å². The van der Waals surface area contributed by atoms with Crippen molar-refractivity contribution in [3.05, 3.63) is 48.5 Å². The fraction of sp³-hybridized carbons (Fsp3) is 0.188. The molecule has 0 unspecified atom stereocenters. The number of aromatic nitrogens is 1. The predicted molar refractivity (Wildman–Crippen MR) is 82.0 cm³/mol. The van der Waals surface area contributed by atoms with E-state index in [2.05, 4.69) is 19.6 Å². The third-order valence-electron chi connectivity index (χ3n) is 3.40. The molecule has 0 aliphatic heterocycles. The van der Waals surface area contributed by atoms with Crippen LogP contribution in [0.3, 0.4) is 0 Å². The molecule has 0 aliphatic carbocycles. The van der Waals surface area contributed by atoms with Crippen molar-refractivity contribution in [2.45, 2.75) is 19.6 Å². The number of furan rings is 1. The molecule has 102 valence electrons. The van der Waals surface area contributed by atoms with Gasteiger partial charge < -0.3 is 4.42 Å². The third-order valence-corrected chi connectivity index (χ3v) is 5.12. The minimum Gasteiger partial charge on any atom is -0.459 e. The molecule has 0 spiro atoms. The molecule has 20 heavy (non-hydrogen) atoms. The largest absolute Gasteiger partial charge is 0.459 e. The lowest BCUT2D eigenvalue weighted by molar-refractivity contribution is -0.876. The van der Waals surface area contributed by atoms with Crippen LogP contribution < -0.4 is 10.1 Å². The second-order valence-electron chi connectivity index (χ2n) is 6.01. The van der Waals surface area contributed by atoms with Crippen LogP contribution in [0.2, 0.25) is 19.6 Å². The van der Waals surface area contributed by atoms with Crippen molar-refractivity contribution in [3.8, 4) is 11.3 Å². The SMILES string of the molecule is C[Si](C)(C)c1cc2c(ccc(-c3ccccc3)[n+]2O)o1.